The van der Waals surface area contributed by atoms with E-state index in [1.807, 2.05) is 6.07 Å². The van der Waals surface area contributed by atoms with Gasteiger partial charge in [-0.05, 0) is 31.7 Å². The highest BCUT2D eigenvalue weighted by Crippen LogP contribution is 2.36. The van der Waals surface area contributed by atoms with E-state index in [1.165, 1.54) is 17.8 Å². The molecule has 0 radical (unpaired) electrons. The Labute approximate surface area is 178 Å². The number of amides is 3. The molecule has 1 aromatic carbocycles. The molecule has 3 N–H and O–H groups in total. The summed E-state index contributed by atoms with van der Waals surface area (Å²) in [6, 6.07) is 4.42. The number of thioether (sulfide) groups is 1. The van der Waals surface area contributed by atoms with Gasteiger partial charge in [0.2, 0.25) is 5.91 Å². The molecule has 9 nitrogen and oxygen atoms in total. The number of anilines is 1. The number of carbonyl (C=O) groups excluding carboxylic acids is 2. The Balaban J connectivity index is 1.72. The maximum atomic E-state index is 14.3. The first kappa shape index (κ1) is 22.3. The van der Waals surface area contributed by atoms with E-state index >= 15 is 0 Å². The number of fused-ring (bicyclic) bond motifs is 1. The average Bonchev–Trinajstić information content (AvgIpc) is 2.70. The molecular formula is C18H22FN5O4S2. The minimum Gasteiger partial charge on any atom is -0.350 e. The van der Waals surface area contributed by atoms with Crippen LogP contribution in [0.15, 0.2) is 28.0 Å². The third-order valence-electron chi connectivity index (χ3n) is 5.11. The second kappa shape index (κ2) is 8.79. The maximum Gasteiger partial charge on any atom is 0.336 e. The molecule has 2 aliphatic heterocycles. The lowest BCUT2D eigenvalue weighted by atomic mass is 9.90. The number of hydrogen-bond acceptors (Lipinski definition) is 7. The van der Waals surface area contributed by atoms with Crippen molar-refractivity contribution in [3.63, 3.8) is 0 Å². The fourth-order valence-electron chi connectivity index (χ4n) is 3.61. The van der Waals surface area contributed by atoms with Crippen molar-refractivity contribution in [2.24, 2.45) is 5.92 Å². The lowest BCUT2D eigenvalue weighted by molar-refractivity contribution is -0.121. The van der Waals surface area contributed by atoms with Gasteiger partial charge in [-0.15, -0.1) is 11.8 Å². The first-order valence-corrected chi connectivity index (χ1v) is 11.9. The van der Waals surface area contributed by atoms with Gasteiger partial charge in [-0.1, -0.05) is 6.07 Å². The summed E-state index contributed by atoms with van der Waals surface area (Å²) >= 11 is 1.21. The number of carbonyl (C=O) groups is 2. The van der Waals surface area contributed by atoms with Crippen molar-refractivity contribution in [1.82, 2.24) is 14.9 Å². The predicted molar refractivity (Wildman–Crippen MR) is 109 cm³/mol. The fourth-order valence-corrected chi connectivity index (χ4v) is 6.18. The molecular weight excluding hydrogens is 433 g/mol. The van der Waals surface area contributed by atoms with E-state index in [9.17, 15) is 22.4 Å². The molecule has 0 bridgehead atoms. The lowest BCUT2D eigenvalue weighted by Gasteiger charge is -2.35. The molecule has 2 heterocycles. The summed E-state index contributed by atoms with van der Waals surface area (Å²) in [5.41, 5.74) is 0.163. The molecule has 3 unspecified atom stereocenters. The van der Waals surface area contributed by atoms with Crippen molar-refractivity contribution in [3.05, 3.63) is 18.2 Å². The minimum absolute atomic E-state index is 0.0572. The number of urea groups is 1. The van der Waals surface area contributed by atoms with Gasteiger partial charge in [-0.2, -0.15) is 5.26 Å². The second-order valence-corrected chi connectivity index (χ2v) is 9.79. The molecule has 3 rings (SSSR count). The van der Waals surface area contributed by atoms with Crippen LogP contribution in [-0.4, -0.2) is 62.3 Å². The molecule has 30 heavy (non-hydrogen) atoms. The van der Waals surface area contributed by atoms with Gasteiger partial charge in [-0.3, -0.25) is 4.79 Å². The summed E-state index contributed by atoms with van der Waals surface area (Å²) in [4.78, 5) is 25.2. The van der Waals surface area contributed by atoms with Crippen LogP contribution in [0.4, 0.5) is 14.9 Å². The highest BCUT2D eigenvalue weighted by atomic mass is 32.2. The fraction of sp³-hybridized carbons (Fsp3) is 0.500. The van der Waals surface area contributed by atoms with Gasteiger partial charge in [0, 0.05) is 17.5 Å². The van der Waals surface area contributed by atoms with Crippen LogP contribution < -0.4 is 16.0 Å². The zero-order valence-electron chi connectivity index (χ0n) is 16.4. The molecule has 1 saturated heterocycles. The molecule has 0 aromatic heterocycles. The van der Waals surface area contributed by atoms with Crippen LogP contribution in [-0.2, 0) is 14.8 Å². The molecule has 3 amide bonds. The summed E-state index contributed by atoms with van der Waals surface area (Å²) in [6.07, 6.45) is 0.435. The number of nitrogens with one attached hydrogen (secondary N) is 3. The van der Waals surface area contributed by atoms with Crippen LogP contribution in [0.2, 0.25) is 0 Å². The summed E-state index contributed by atoms with van der Waals surface area (Å²) < 4.78 is 40.8. The van der Waals surface area contributed by atoms with E-state index in [-0.39, 0.29) is 17.0 Å². The number of rotatable bonds is 5. The number of alkyl halides is 1. The largest absolute Gasteiger partial charge is 0.350 e. The van der Waals surface area contributed by atoms with E-state index in [1.54, 1.807) is 25.3 Å². The van der Waals surface area contributed by atoms with Gasteiger partial charge in [0.05, 0.1) is 23.7 Å². The average molecular weight is 456 g/mol. The molecule has 1 fully saturated rings. The summed E-state index contributed by atoms with van der Waals surface area (Å²) in [6.45, 7) is 1.16. The van der Waals surface area contributed by atoms with Crippen molar-refractivity contribution >= 4 is 39.4 Å². The van der Waals surface area contributed by atoms with Crippen molar-refractivity contribution in [2.45, 2.75) is 41.4 Å². The molecule has 0 aliphatic carbocycles. The predicted octanol–water partition coefficient (Wildman–Crippen LogP) is 1.29. The normalized spacial score (nSPS) is 26.1. The Kier molecular flexibility index (Phi) is 6.54. The maximum absolute atomic E-state index is 14.3. The molecule has 0 saturated carbocycles. The van der Waals surface area contributed by atoms with Crippen LogP contribution in [0.25, 0.3) is 0 Å². The standard InChI is InChI=1S/C18H22FN5O4S2/c1-10(16-12(19)6-11(7-20)8-21-16)22-15(25)9-24-18(26)23-13-4-3-5-14(29-2)17(13)30(24,27)28/h3-5,10-12,16,21H,6,8-9H2,1-2H3,(H,22,25)(H,23,26)/t10-,11?,12?,16?/m1/s1. The number of piperidine rings is 1. The zero-order valence-corrected chi connectivity index (χ0v) is 18.0. The van der Waals surface area contributed by atoms with E-state index in [4.69, 9.17) is 5.26 Å². The molecule has 162 valence electrons. The first-order chi connectivity index (χ1) is 14.2. The van der Waals surface area contributed by atoms with Crippen LogP contribution in [0, 0.1) is 17.2 Å². The van der Waals surface area contributed by atoms with Crippen LogP contribution in [0.1, 0.15) is 13.3 Å². The number of halogens is 1. The molecule has 0 spiro atoms. The summed E-state index contributed by atoms with van der Waals surface area (Å²) in [5, 5.41) is 16.9. The third kappa shape index (κ3) is 4.23. The Morgan fingerprint density at radius 2 is 2.23 bits per heavy atom. The van der Waals surface area contributed by atoms with Gasteiger partial charge >= 0.3 is 6.03 Å². The smallest absolute Gasteiger partial charge is 0.336 e. The van der Waals surface area contributed by atoms with Crippen molar-refractivity contribution < 1.29 is 22.4 Å². The van der Waals surface area contributed by atoms with Gasteiger partial charge in [0.15, 0.2) is 0 Å². The quantitative estimate of drug-likeness (QED) is 0.570. The van der Waals surface area contributed by atoms with Crippen LogP contribution in [0.3, 0.4) is 0 Å². The summed E-state index contributed by atoms with van der Waals surface area (Å²) in [7, 11) is -4.24. The molecule has 12 heteroatoms. The summed E-state index contributed by atoms with van der Waals surface area (Å²) in [5.74, 6) is -1.17. The third-order valence-corrected chi connectivity index (χ3v) is 7.85. The van der Waals surface area contributed by atoms with Gasteiger partial charge in [0.25, 0.3) is 10.0 Å². The Morgan fingerprint density at radius 3 is 2.87 bits per heavy atom. The highest BCUT2D eigenvalue weighted by molar-refractivity contribution is 7.99. The Bertz CT molecular complexity index is 997. The van der Waals surface area contributed by atoms with Gasteiger partial charge in [-0.25, -0.2) is 21.9 Å². The van der Waals surface area contributed by atoms with E-state index < -0.39 is 52.7 Å². The zero-order chi connectivity index (χ0) is 22.1. The second-order valence-electron chi connectivity index (χ2n) is 7.15. The highest BCUT2D eigenvalue weighted by Gasteiger charge is 2.40. The number of nitriles is 1. The Morgan fingerprint density at radius 1 is 1.50 bits per heavy atom. The van der Waals surface area contributed by atoms with E-state index in [0.29, 0.717) is 15.7 Å². The van der Waals surface area contributed by atoms with Crippen molar-refractivity contribution in [3.8, 4) is 6.07 Å². The number of hydrogen-bond donors (Lipinski definition) is 3. The Hall–Kier alpha value is -2.36. The lowest BCUT2D eigenvalue weighted by Crippen LogP contribution is -2.58. The first-order valence-electron chi connectivity index (χ1n) is 9.26. The molecule has 1 aromatic rings. The monoisotopic (exact) mass is 455 g/mol. The SMILES string of the molecule is CSc1cccc2c1S(=O)(=O)N(CC(=O)N[C@H](C)C1NCC(C#N)CC1F)C(=O)N2. The number of benzene rings is 1. The number of nitrogens with zero attached hydrogens (tertiary/aromatic N) is 2. The van der Waals surface area contributed by atoms with Gasteiger partial charge < -0.3 is 16.0 Å². The number of sulfonamides is 1. The molecule has 4 atom stereocenters. The molecule has 2 aliphatic rings. The van der Waals surface area contributed by atoms with Crippen LogP contribution >= 0.6 is 11.8 Å². The van der Waals surface area contributed by atoms with E-state index in [0.717, 1.165) is 0 Å². The minimum atomic E-state index is -4.24. The topological polar surface area (TPSA) is 131 Å². The van der Waals surface area contributed by atoms with Crippen molar-refractivity contribution in [2.75, 3.05) is 24.7 Å². The van der Waals surface area contributed by atoms with E-state index in [2.05, 4.69) is 16.0 Å². The van der Waals surface area contributed by atoms with Crippen molar-refractivity contribution in [1.29, 1.82) is 5.26 Å². The van der Waals surface area contributed by atoms with Gasteiger partial charge in [0.1, 0.15) is 17.6 Å². The van der Waals surface area contributed by atoms with Crippen LogP contribution in [0.5, 0.6) is 0 Å².